The molecule has 0 atom stereocenters. The van der Waals surface area contributed by atoms with Crippen LogP contribution in [0.2, 0.25) is 5.02 Å². The number of nitrogens with one attached hydrogen (secondary N) is 1. The van der Waals surface area contributed by atoms with Gasteiger partial charge in [0, 0.05) is 0 Å². The maximum Gasteiger partial charge on any atom is 0.573 e. The van der Waals surface area contributed by atoms with Crippen molar-refractivity contribution >= 4 is 23.2 Å². The molecule has 0 bridgehead atoms. The molecule has 0 spiro atoms. The zero-order valence-electron chi connectivity index (χ0n) is 10.7. The summed E-state index contributed by atoms with van der Waals surface area (Å²) in [6, 6.07) is 8.09. The Morgan fingerprint density at radius 1 is 1.14 bits per heavy atom. The second-order valence-corrected chi connectivity index (χ2v) is 4.53. The molecule has 0 saturated heterocycles. The van der Waals surface area contributed by atoms with E-state index in [9.17, 15) is 22.4 Å². The zero-order chi connectivity index (χ0) is 16.3. The fraction of sp³-hybridized carbons (Fsp3) is 0.0714. The third-order valence-corrected chi connectivity index (χ3v) is 2.85. The molecule has 8 heteroatoms. The lowest BCUT2D eigenvalue weighted by atomic mass is 10.2. The van der Waals surface area contributed by atoms with Gasteiger partial charge in [0.2, 0.25) is 0 Å². The molecule has 1 amide bonds. The van der Waals surface area contributed by atoms with Crippen molar-refractivity contribution in [1.82, 2.24) is 0 Å². The van der Waals surface area contributed by atoms with E-state index in [-0.39, 0.29) is 16.3 Å². The van der Waals surface area contributed by atoms with E-state index >= 15 is 0 Å². The SMILES string of the molecule is O=C(Nc1ccccc1OC(F)(F)F)c1ccc(F)cc1Cl. The monoisotopic (exact) mass is 333 g/mol. The highest BCUT2D eigenvalue weighted by molar-refractivity contribution is 6.34. The highest BCUT2D eigenvalue weighted by Gasteiger charge is 2.32. The Kier molecular flexibility index (Phi) is 4.56. The summed E-state index contributed by atoms with van der Waals surface area (Å²) in [6.07, 6.45) is -4.89. The highest BCUT2D eigenvalue weighted by atomic mass is 35.5. The normalized spacial score (nSPS) is 11.1. The molecule has 0 aromatic heterocycles. The van der Waals surface area contributed by atoms with E-state index in [0.29, 0.717) is 0 Å². The Bertz CT molecular complexity index is 703. The minimum atomic E-state index is -4.89. The van der Waals surface area contributed by atoms with Gasteiger partial charge in [-0.25, -0.2) is 4.39 Å². The van der Waals surface area contributed by atoms with Gasteiger partial charge in [0.1, 0.15) is 5.82 Å². The van der Waals surface area contributed by atoms with Crippen molar-refractivity contribution in [2.45, 2.75) is 6.36 Å². The Morgan fingerprint density at radius 2 is 1.82 bits per heavy atom. The standard InChI is InChI=1S/C14H8ClF4NO2/c15-10-7-8(16)5-6-9(10)13(21)20-11-3-1-2-4-12(11)22-14(17,18)19/h1-7H,(H,20,21). The van der Waals surface area contributed by atoms with E-state index in [1.807, 2.05) is 0 Å². The van der Waals surface area contributed by atoms with Crippen LogP contribution in [0.3, 0.4) is 0 Å². The molecule has 0 heterocycles. The van der Waals surface area contributed by atoms with Crippen LogP contribution in [-0.2, 0) is 0 Å². The number of benzene rings is 2. The van der Waals surface area contributed by atoms with E-state index in [1.54, 1.807) is 0 Å². The van der Waals surface area contributed by atoms with Gasteiger partial charge in [-0.05, 0) is 30.3 Å². The Hall–Kier alpha value is -2.28. The Labute approximate surface area is 127 Å². The summed E-state index contributed by atoms with van der Waals surface area (Å²) in [5.41, 5.74) is -0.268. The number of para-hydroxylation sites is 2. The zero-order valence-corrected chi connectivity index (χ0v) is 11.5. The Morgan fingerprint density at radius 3 is 2.45 bits per heavy atom. The molecule has 0 aliphatic rings. The highest BCUT2D eigenvalue weighted by Crippen LogP contribution is 2.30. The van der Waals surface area contributed by atoms with Gasteiger partial charge >= 0.3 is 6.36 Å². The molecule has 0 fully saturated rings. The third kappa shape index (κ3) is 4.11. The number of halogens is 5. The van der Waals surface area contributed by atoms with Gasteiger partial charge in [-0.2, -0.15) is 0 Å². The predicted octanol–water partition coefficient (Wildman–Crippen LogP) is 4.63. The number of hydrogen-bond donors (Lipinski definition) is 1. The number of alkyl halides is 3. The summed E-state index contributed by atoms with van der Waals surface area (Å²) in [6.45, 7) is 0. The fourth-order valence-electron chi connectivity index (χ4n) is 1.65. The van der Waals surface area contributed by atoms with Crippen LogP contribution >= 0.6 is 11.6 Å². The maximum atomic E-state index is 12.9. The average Bonchev–Trinajstić information content (AvgIpc) is 2.39. The van der Waals surface area contributed by atoms with Crippen LogP contribution in [0.25, 0.3) is 0 Å². The maximum absolute atomic E-state index is 12.9. The number of amides is 1. The summed E-state index contributed by atoms with van der Waals surface area (Å²) < 4.78 is 53.6. The minimum absolute atomic E-state index is 0.0788. The van der Waals surface area contributed by atoms with Crippen LogP contribution in [-0.4, -0.2) is 12.3 Å². The second kappa shape index (κ2) is 6.23. The number of hydrogen-bond acceptors (Lipinski definition) is 2. The van der Waals surface area contributed by atoms with Crippen molar-refractivity contribution in [3.63, 3.8) is 0 Å². The van der Waals surface area contributed by atoms with Gasteiger partial charge < -0.3 is 10.1 Å². The molecule has 2 aromatic carbocycles. The topological polar surface area (TPSA) is 38.3 Å². The molecule has 0 aliphatic carbocycles. The average molecular weight is 334 g/mol. The number of anilines is 1. The molecule has 2 aromatic rings. The van der Waals surface area contributed by atoms with Gasteiger partial charge in [0.25, 0.3) is 5.91 Å². The van der Waals surface area contributed by atoms with Crippen molar-refractivity contribution < 1.29 is 27.1 Å². The minimum Gasteiger partial charge on any atom is -0.404 e. The van der Waals surface area contributed by atoms with E-state index in [4.69, 9.17) is 11.6 Å². The Balaban J connectivity index is 2.25. The van der Waals surface area contributed by atoms with Crippen molar-refractivity contribution in [1.29, 1.82) is 0 Å². The molecular weight excluding hydrogens is 326 g/mol. The number of carbonyl (C=O) groups excluding carboxylic acids is 1. The van der Waals surface area contributed by atoms with Gasteiger partial charge in [0.15, 0.2) is 5.75 Å². The van der Waals surface area contributed by atoms with Crippen LogP contribution in [0.15, 0.2) is 42.5 Å². The second-order valence-electron chi connectivity index (χ2n) is 4.12. The summed E-state index contributed by atoms with van der Waals surface area (Å²) >= 11 is 5.72. The summed E-state index contributed by atoms with van der Waals surface area (Å²) in [4.78, 5) is 12.0. The number of carbonyl (C=O) groups is 1. The van der Waals surface area contributed by atoms with Crippen LogP contribution < -0.4 is 10.1 Å². The lowest BCUT2D eigenvalue weighted by Crippen LogP contribution is -2.19. The van der Waals surface area contributed by atoms with Crippen molar-refractivity contribution in [2.75, 3.05) is 5.32 Å². The quantitative estimate of drug-likeness (QED) is 0.832. The van der Waals surface area contributed by atoms with Crippen molar-refractivity contribution in [2.24, 2.45) is 0 Å². The largest absolute Gasteiger partial charge is 0.573 e. The number of rotatable bonds is 3. The van der Waals surface area contributed by atoms with Crippen LogP contribution in [0, 0.1) is 5.82 Å². The molecule has 22 heavy (non-hydrogen) atoms. The summed E-state index contributed by atoms with van der Waals surface area (Å²) in [5.74, 6) is -1.99. The number of ether oxygens (including phenoxy) is 1. The first-order valence-electron chi connectivity index (χ1n) is 5.87. The van der Waals surface area contributed by atoms with Crippen LogP contribution in [0.1, 0.15) is 10.4 Å². The molecule has 0 aliphatic heterocycles. The smallest absolute Gasteiger partial charge is 0.404 e. The lowest BCUT2D eigenvalue weighted by molar-refractivity contribution is -0.274. The van der Waals surface area contributed by atoms with Crippen molar-refractivity contribution in [3.8, 4) is 5.75 Å². The third-order valence-electron chi connectivity index (χ3n) is 2.54. The molecule has 0 radical (unpaired) electrons. The lowest BCUT2D eigenvalue weighted by Gasteiger charge is -2.14. The first-order chi connectivity index (χ1) is 10.3. The first-order valence-corrected chi connectivity index (χ1v) is 6.25. The van der Waals surface area contributed by atoms with Crippen molar-refractivity contribution in [3.05, 3.63) is 58.9 Å². The molecule has 3 nitrogen and oxygen atoms in total. The fourth-order valence-corrected chi connectivity index (χ4v) is 1.90. The van der Waals surface area contributed by atoms with E-state index < -0.39 is 23.8 Å². The predicted molar refractivity (Wildman–Crippen MR) is 72.5 cm³/mol. The van der Waals surface area contributed by atoms with Gasteiger partial charge in [-0.3, -0.25) is 4.79 Å². The van der Waals surface area contributed by atoms with E-state index in [1.165, 1.54) is 18.2 Å². The van der Waals surface area contributed by atoms with Gasteiger partial charge in [0.05, 0.1) is 16.3 Å². The first kappa shape index (κ1) is 16.1. The molecule has 0 unspecified atom stereocenters. The van der Waals surface area contributed by atoms with Gasteiger partial charge in [-0.15, -0.1) is 13.2 Å². The molecular formula is C14H8ClF4NO2. The molecule has 1 N–H and O–H groups in total. The molecule has 116 valence electrons. The van der Waals surface area contributed by atoms with Crippen LogP contribution in [0.4, 0.5) is 23.2 Å². The summed E-state index contributed by atoms with van der Waals surface area (Å²) in [5, 5.41) is 2.08. The molecule has 2 rings (SSSR count). The van der Waals surface area contributed by atoms with Gasteiger partial charge in [-0.1, -0.05) is 23.7 Å². The van der Waals surface area contributed by atoms with E-state index in [0.717, 1.165) is 24.3 Å². The van der Waals surface area contributed by atoms with Crippen LogP contribution in [0.5, 0.6) is 5.75 Å². The van der Waals surface area contributed by atoms with E-state index in [2.05, 4.69) is 10.1 Å². The summed E-state index contributed by atoms with van der Waals surface area (Å²) in [7, 11) is 0. The molecule has 0 saturated carbocycles.